The van der Waals surface area contributed by atoms with Gasteiger partial charge in [-0.05, 0) is 31.4 Å². The zero-order valence-corrected chi connectivity index (χ0v) is 17.5. The quantitative estimate of drug-likeness (QED) is 0.174. The molecule has 0 bridgehead atoms. The second-order valence-electron chi connectivity index (χ2n) is 5.33. The van der Waals surface area contributed by atoms with Crippen molar-refractivity contribution in [2.75, 3.05) is 33.9 Å². The summed E-state index contributed by atoms with van der Waals surface area (Å²) in [7, 11) is 3.18. The molecule has 0 aliphatic rings. The number of carbonyl (C=O) groups excluding carboxylic acids is 1. The maximum absolute atomic E-state index is 11.0. The molecule has 0 atom stereocenters. The molecule has 2 N–H and O–H groups in total. The Morgan fingerprint density at radius 2 is 1.72 bits per heavy atom. The van der Waals surface area contributed by atoms with Crippen LogP contribution in [0.2, 0.25) is 0 Å². The lowest BCUT2D eigenvalue weighted by Gasteiger charge is -2.12. The number of hydrogen-bond donors (Lipinski definition) is 2. The van der Waals surface area contributed by atoms with E-state index in [1.807, 2.05) is 30.3 Å². The third-order valence-corrected chi connectivity index (χ3v) is 3.43. The van der Waals surface area contributed by atoms with E-state index in [2.05, 4.69) is 20.4 Å². The molecule has 0 saturated carbocycles. The van der Waals surface area contributed by atoms with Crippen LogP contribution in [0, 0.1) is 0 Å². The van der Waals surface area contributed by atoms with Gasteiger partial charge in [-0.1, -0.05) is 24.6 Å². The first-order chi connectivity index (χ1) is 11.8. The lowest BCUT2D eigenvalue weighted by molar-refractivity contribution is -0.140. The van der Waals surface area contributed by atoms with Crippen LogP contribution in [-0.2, 0) is 9.53 Å². The van der Waals surface area contributed by atoms with Gasteiger partial charge in [0, 0.05) is 26.6 Å². The maximum atomic E-state index is 11.0. The van der Waals surface area contributed by atoms with E-state index < -0.39 is 0 Å². The van der Waals surface area contributed by atoms with E-state index in [-0.39, 0.29) is 29.9 Å². The third kappa shape index (κ3) is 12.5. The topological polar surface area (TPSA) is 72.0 Å². The molecule has 0 aromatic heterocycles. The lowest BCUT2D eigenvalue weighted by Crippen LogP contribution is -2.38. The van der Waals surface area contributed by atoms with Crippen LogP contribution in [0.5, 0.6) is 5.75 Å². The zero-order chi connectivity index (χ0) is 17.5. The summed E-state index contributed by atoms with van der Waals surface area (Å²) in [4.78, 5) is 15.2. The summed E-state index contributed by atoms with van der Waals surface area (Å²) in [6, 6.07) is 9.80. The lowest BCUT2D eigenvalue weighted by atomic mass is 10.2. The Hall–Kier alpha value is -1.51. The summed E-state index contributed by atoms with van der Waals surface area (Å²) in [5, 5.41) is 6.52. The fraction of sp³-hybridized carbons (Fsp3) is 0.556. The summed E-state index contributed by atoms with van der Waals surface area (Å²) in [5.41, 5.74) is 0. The summed E-state index contributed by atoms with van der Waals surface area (Å²) >= 11 is 0. The zero-order valence-electron chi connectivity index (χ0n) is 15.1. The predicted molar refractivity (Wildman–Crippen MR) is 112 cm³/mol. The average Bonchev–Trinajstić information content (AvgIpc) is 2.63. The number of halogens is 1. The number of guanidine groups is 1. The molecule has 0 aliphatic heterocycles. The van der Waals surface area contributed by atoms with Gasteiger partial charge in [-0.3, -0.25) is 9.79 Å². The number of aliphatic imine (C=N–C) groups is 1. The van der Waals surface area contributed by atoms with Gasteiger partial charge in [-0.2, -0.15) is 0 Å². The molecule has 0 fully saturated rings. The van der Waals surface area contributed by atoms with E-state index >= 15 is 0 Å². The Kier molecular flexibility index (Phi) is 15.0. The number of nitrogens with one attached hydrogen (secondary N) is 2. The molecule has 1 aromatic rings. The summed E-state index contributed by atoms with van der Waals surface area (Å²) < 4.78 is 10.2. The molecular formula is C18H30IN3O3. The Morgan fingerprint density at radius 1 is 1.04 bits per heavy atom. The number of methoxy groups -OCH3 is 1. The monoisotopic (exact) mass is 463 g/mol. The van der Waals surface area contributed by atoms with Crippen molar-refractivity contribution in [2.45, 2.75) is 32.1 Å². The van der Waals surface area contributed by atoms with Crippen molar-refractivity contribution in [3.05, 3.63) is 30.3 Å². The first kappa shape index (κ1) is 23.5. The minimum atomic E-state index is -0.141. The highest BCUT2D eigenvalue weighted by Crippen LogP contribution is 2.08. The minimum Gasteiger partial charge on any atom is -0.494 e. The van der Waals surface area contributed by atoms with Crippen molar-refractivity contribution in [3.63, 3.8) is 0 Å². The molecule has 0 aliphatic carbocycles. The molecule has 0 unspecified atom stereocenters. The van der Waals surface area contributed by atoms with Crippen molar-refractivity contribution < 1.29 is 14.3 Å². The van der Waals surface area contributed by atoms with Gasteiger partial charge < -0.3 is 20.1 Å². The smallest absolute Gasteiger partial charge is 0.305 e. The molecule has 1 rings (SSSR count). The van der Waals surface area contributed by atoms with Crippen LogP contribution < -0.4 is 15.4 Å². The van der Waals surface area contributed by atoms with E-state index in [0.717, 1.165) is 50.5 Å². The number of unbranched alkanes of at least 4 members (excludes halogenated alkanes) is 2. The SMILES string of the molecule is CN=C(NCCCCCC(=O)OC)NCCCOc1ccccc1.I. The van der Waals surface area contributed by atoms with Gasteiger partial charge >= 0.3 is 5.97 Å². The Bertz CT molecular complexity index is 484. The summed E-state index contributed by atoms with van der Waals surface area (Å²) in [5.74, 6) is 1.55. The highest BCUT2D eigenvalue weighted by Gasteiger charge is 2.00. The molecule has 0 spiro atoms. The number of carbonyl (C=O) groups is 1. The number of benzene rings is 1. The highest BCUT2D eigenvalue weighted by molar-refractivity contribution is 14.0. The van der Waals surface area contributed by atoms with Crippen molar-refractivity contribution in [1.82, 2.24) is 10.6 Å². The van der Waals surface area contributed by atoms with E-state index in [1.54, 1.807) is 7.05 Å². The maximum Gasteiger partial charge on any atom is 0.305 e. The average molecular weight is 463 g/mol. The standard InChI is InChI=1S/C18H29N3O3.HI/c1-19-18(20-13-8-4-7-12-17(22)23-2)21-14-9-15-24-16-10-5-3-6-11-16;/h3,5-6,10-11H,4,7-9,12-15H2,1-2H3,(H2,19,20,21);1H. The molecule has 7 heteroatoms. The first-order valence-corrected chi connectivity index (χ1v) is 8.45. The predicted octanol–water partition coefficient (Wildman–Crippen LogP) is 2.97. The van der Waals surface area contributed by atoms with Gasteiger partial charge in [0.15, 0.2) is 5.96 Å². The van der Waals surface area contributed by atoms with Crippen LogP contribution in [-0.4, -0.2) is 45.8 Å². The van der Waals surface area contributed by atoms with Crippen LogP contribution in [0.4, 0.5) is 0 Å². The van der Waals surface area contributed by atoms with Crippen molar-refractivity contribution in [2.24, 2.45) is 4.99 Å². The van der Waals surface area contributed by atoms with Crippen molar-refractivity contribution in [1.29, 1.82) is 0 Å². The number of para-hydroxylation sites is 1. The van der Waals surface area contributed by atoms with Crippen LogP contribution in [0.3, 0.4) is 0 Å². The molecule has 6 nitrogen and oxygen atoms in total. The minimum absolute atomic E-state index is 0. The van der Waals surface area contributed by atoms with Crippen LogP contribution in [0.1, 0.15) is 32.1 Å². The van der Waals surface area contributed by atoms with E-state index in [9.17, 15) is 4.79 Å². The van der Waals surface area contributed by atoms with Gasteiger partial charge in [0.25, 0.3) is 0 Å². The highest BCUT2D eigenvalue weighted by atomic mass is 127. The molecule has 0 heterocycles. The molecule has 0 saturated heterocycles. The van der Waals surface area contributed by atoms with Gasteiger partial charge in [0.2, 0.25) is 0 Å². The van der Waals surface area contributed by atoms with Crippen LogP contribution in [0.25, 0.3) is 0 Å². The Balaban J connectivity index is 0.00000576. The van der Waals surface area contributed by atoms with Crippen molar-refractivity contribution in [3.8, 4) is 5.75 Å². The normalized spacial score (nSPS) is 10.6. The van der Waals surface area contributed by atoms with Crippen LogP contribution >= 0.6 is 24.0 Å². The number of esters is 1. The number of rotatable bonds is 11. The van der Waals surface area contributed by atoms with Crippen molar-refractivity contribution >= 4 is 35.9 Å². The molecule has 0 radical (unpaired) electrons. The van der Waals surface area contributed by atoms with Gasteiger partial charge in [-0.25, -0.2) is 0 Å². The fourth-order valence-corrected chi connectivity index (χ4v) is 2.09. The van der Waals surface area contributed by atoms with E-state index in [0.29, 0.717) is 13.0 Å². The summed E-state index contributed by atoms with van der Waals surface area (Å²) in [6.07, 6.45) is 4.23. The van der Waals surface area contributed by atoms with E-state index in [4.69, 9.17) is 4.74 Å². The number of ether oxygens (including phenoxy) is 2. The molecule has 1 aromatic carbocycles. The van der Waals surface area contributed by atoms with Gasteiger partial charge in [0.05, 0.1) is 13.7 Å². The first-order valence-electron chi connectivity index (χ1n) is 8.45. The second-order valence-corrected chi connectivity index (χ2v) is 5.33. The number of nitrogens with zero attached hydrogens (tertiary/aromatic N) is 1. The molecule has 142 valence electrons. The Labute approximate surface area is 167 Å². The summed E-state index contributed by atoms with van der Waals surface area (Å²) in [6.45, 7) is 2.30. The molecule has 0 amide bonds. The molecular weight excluding hydrogens is 433 g/mol. The van der Waals surface area contributed by atoms with E-state index in [1.165, 1.54) is 7.11 Å². The van der Waals surface area contributed by atoms with Gasteiger partial charge in [0.1, 0.15) is 5.75 Å². The Morgan fingerprint density at radius 3 is 2.36 bits per heavy atom. The van der Waals surface area contributed by atoms with Gasteiger partial charge in [-0.15, -0.1) is 24.0 Å². The third-order valence-electron chi connectivity index (χ3n) is 3.43. The number of hydrogen-bond acceptors (Lipinski definition) is 4. The fourth-order valence-electron chi connectivity index (χ4n) is 2.09. The molecule has 25 heavy (non-hydrogen) atoms. The second kappa shape index (κ2) is 16.0. The van der Waals surface area contributed by atoms with Crippen LogP contribution in [0.15, 0.2) is 35.3 Å². The largest absolute Gasteiger partial charge is 0.494 e.